The molecule has 0 amide bonds. The SMILES string of the molecule is CCCc1nc(SC)[nH]c(=O)c1Cc1c(Cl)cccc1Cl. The Morgan fingerprint density at radius 3 is 2.48 bits per heavy atom. The fraction of sp³-hybridized carbons (Fsp3) is 0.333. The van der Waals surface area contributed by atoms with E-state index in [0.29, 0.717) is 27.2 Å². The smallest absolute Gasteiger partial charge is 0.255 e. The molecule has 0 spiro atoms. The number of aryl methyl sites for hydroxylation is 1. The number of rotatable bonds is 5. The Bertz CT molecular complexity index is 680. The zero-order chi connectivity index (χ0) is 15.4. The number of thioether (sulfide) groups is 1. The van der Waals surface area contributed by atoms with Crippen LogP contribution in [0.25, 0.3) is 0 Å². The summed E-state index contributed by atoms with van der Waals surface area (Å²) in [4.78, 5) is 19.6. The first-order chi connectivity index (χ1) is 10.1. The van der Waals surface area contributed by atoms with Crippen molar-refractivity contribution in [1.29, 1.82) is 0 Å². The van der Waals surface area contributed by atoms with Crippen LogP contribution in [0.2, 0.25) is 10.0 Å². The van der Waals surface area contributed by atoms with Crippen LogP contribution in [-0.4, -0.2) is 16.2 Å². The molecule has 0 aliphatic heterocycles. The summed E-state index contributed by atoms with van der Waals surface area (Å²) in [6.07, 6.45) is 3.96. The predicted octanol–water partition coefficient (Wildman–Crippen LogP) is 4.34. The van der Waals surface area contributed by atoms with Crippen LogP contribution in [-0.2, 0) is 12.8 Å². The van der Waals surface area contributed by atoms with Crippen LogP contribution in [0.3, 0.4) is 0 Å². The summed E-state index contributed by atoms with van der Waals surface area (Å²) < 4.78 is 0. The molecule has 0 atom stereocenters. The summed E-state index contributed by atoms with van der Waals surface area (Å²) in [7, 11) is 0. The molecule has 0 unspecified atom stereocenters. The lowest BCUT2D eigenvalue weighted by atomic mass is 10.0. The Kier molecular flexibility index (Phi) is 5.73. The van der Waals surface area contributed by atoms with Crippen molar-refractivity contribution in [2.45, 2.75) is 31.3 Å². The van der Waals surface area contributed by atoms with Crippen LogP contribution in [0.5, 0.6) is 0 Å². The van der Waals surface area contributed by atoms with Gasteiger partial charge in [0.25, 0.3) is 5.56 Å². The third-order valence-corrected chi connectivity index (χ3v) is 4.46. The number of nitrogens with one attached hydrogen (secondary N) is 1. The van der Waals surface area contributed by atoms with E-state index in [1.165, 1.54) is 11.8 Å². The highest BCUT2D eigenvalue weighted by molar-refractivity contribution is 7.98. The molecular formula is C15H16Cl2N2OS. The fourth-order valence-electron chi connectivity index (χ4n) is 2.12. The first-order valence-electron chi connectivity index (χ1n) is 6.65. The monoisotopic (exact) mass is 342 g/mol. The minimum absolute atomic E-state index is 0.117. The molecule has 0 radical (unpaired) electrons. The molecule has 0 fully saturated rings. The van der Waals surface area contributed by atoms with Crippen molar-refractivity contribution < 1.29 is 0 Å². The van der Waals surface area contributed by atoms with Gasteiger partial charge in [-0.15, -0.1) is 0 Å². The van der Waals surface area contributed by atoms with Crippen molar-refractivity contribution in [1.82, 2.24) is 9.97 Å². The highest BCUT2D eigenvalue weighted by atomic mass is 35.5. The molecule has 1 heterocycles. The summed E-state index contributed by atoms with van der Waals surface area (Å²) in [5.41, 5.74) is 2.11. The number of hydrogen-bond acceptors (Lipinski definition) is 3. The highest BCUT2D eigenvalue weighted by Crippen LogP contribution is 2.27. The second-order valence-electron chi connectivity index (χ2n) is 4.63. The Morgan fingerprint density at radius 1 is 1.24 bits per heavy atom. The van der Waals surface area contributed by atoms with Crippen LogP contribution in [0.4, 0.5) is 0 Å². The molecule has 1 aromatic carbocycles. The predicted molar refractivity (Wildman–Crippen MR) is 89.9 cm³/mol. The number of hydrogen-bond donors (Lipinski definition) is 1. The van der Waals surface area contributed by atoms with Gasteiger partial charge in [0.1, 0.15) is 0 Å². The maximum Gasteiger partial charge on any atom is 0.255 e. The molecule has 1 N–H and O–H groups in total. The van der Waals surface area contributed by atoms with Crippen molar-refractivity contribution in [3.05, 3.63) is 55.4 Å². The third kappa shape index (κ3) is 3.82. The summed E-state index contributed by atoms with van der Waals surface area (Å²) in [6, 6.07) is 5.35. The van der Waals surface area contributed by atoms with Gasteiger partial charge in [0.2, 0.25) is 0 Å². The Morgan fingerprint density at radius 2 is 1.90 bits per heavy atom. The molecule has 0 bridgehead atoms. The Hall–Kier alpha value is -0.970. The highest BCUT2D eigenvalue weighted by Gasteiger charge is 2.15. The van der Waals surface area contributed by atoms with Gasteiger partial charge in [0, 0.05) is 22.0 Å². The van der Waals surface area contributed by atoms with Crippen molar-refractivity contribution in [2.24, 2.45) is 0 Å². The largest absolute Gasteiger partial charge is 0.301 e. The van der Waals surface area contributed by atoms with E-state index in [2.05, 4.69) is 16.9 Å². The first kappa shape index (κ1) is 16.4. The van der Waals surface area contributed by atoms with E-state index >= 15 is 0 Å². The van der Waals surface area contributed by atoms with E-state index in [-0.39, 0.29) is 5.56 Å². The zero-order valence-corrected chi connectivity index (χ0v) is 14.2. The minimum atomic E-state index is -0.117. The maximum absolute atomic E-state index is 12.3. The molecule has 112 valence electrons. The average molecular weight is 343 g/mol. The van der Waals surface area contributed by atoms with E-state index in [1.54, 1.807) is 18.2 Å². The topological polar surface area (TPSA) is 45.8 Å². The lowest BCUT2D eigenvalue weighted by Gasteiger charge is -2.11. The molecule has 21 heavy (non-hydrogen) atoms. The lowest BCUT2D eigenvalue weighted by molar-refractivity contribution is 0.789. The molecule has 3 nitrogen and oxygen atoms in total. The van der Waals surface area contributed by atoms with E-state index in [1.807, 2.05) is 6.26 Å². The summed E-state index contributed by atoms with van der Waals surface area (Å²) in [5, 5.41) is 1.77. The number of halogens is 2. The molecule has 2 aromatic rings. The van der Waals surface area contributed by atoms with Gasteiger partial charge in [-0.3, -0.25) is 4.79 Å². The second-order valence-corrected chi connectivity index (χ2v) is 6.24. The zero-order valence-electron chi connectivity index (χ0n) is 11.9. The first-order valence-corrected chi connectivity index (χ1v) is 8.63. The van der Waals surface area contributed by atoms with Crippen LogP contribution in [0.15, 0.2) is 28.2 Å². The molecule has 0 aliphatic rings. The van der Waals surface area contributed by atoms with Crippen molar-refractivity contribution >= 4 is 35.0 Å². The quantitative estimate of drug-likeness (QED) is 0.649. The van der Waals surface area contributed by atoms with Crippen LogP contribution >= 0.6 is 35.0 Å². The van der Waals surface area contributed by atoms with E-state index in [9.17, 15) is 4.79 Å². The second kappa shape index (κ2) is 7.34. The summed E-state index contributed by atoms with van der Waals surface area (Å²) >= 11 is 13.8. The van der Waals surface area contributed by atoms with E-state index < -0.39 is 0 Å². The number of aromatic amines is 1. The molecule has 0 saturated carbocycles. The molecule has 1 aromatic heterocycles. The number of nitrogens with zero attached hydrogens (tertiary/aromatic N) is 1. The van der Waals surface area contributed by atoms with Gasteiger partial charge in [-0.2, -0.15) is 0 Å². The number of H-pyrrole nitrogens is 1. The maximum atomic E-state index is 12.3. The standard InChI is InChI=1S/C15H16Cl2N2OS/c1-3-5-13-10(14(20)19-15(18-13)21-2)8-9-11(16)6-4-7-12(9)17/h4,6-7H,3,5,8H2,1-2H3,(H,18,19,20). The van der Waals surface area contributed by atoms with Crippen molar-refractivity contribution in [2.75, 3.05) is 6.26 Å². The Balaban J connectivity index is 2.50. The molecule has 0 saturated heterocycles. The van der Waals surface area contributed by atoms with Crippen LogP contribution in [0.1, 0.15) is 30.2 Å². The van der Waals surface area contributed by atoms with Gasteiger partial charge >= 0.3 is 0 Å². The van der Waals surface area contributed by atoms with Crippen LogP contribution in [0, 0.1) is 0 Å². The molecule has 2 rings (SSSR count). The lowest BCUT2D eigenvalue weighted by Crippen LogP contribution is -2.19. The molecular weight excluding hydrogens is 327 g/mol. The fourth-order valence-corrected chi connectivity index (χ4v) is 3.05. The van der Waals surface area contributed by atoms with Crippen molar-refractivity contribution in [3.8, 4) is 0 Å². The normalized spacial score (nSPS) is 10.9. The number of aromatic nitrogens is 2. The van der Waals surface area contributed by atoms with Gasteiger partial charge in [-0.1, -0.05) is 54.4 Å². The van der Waals surface area contributed by atoms with Crippen molar-refractivity contribution in [3.63, 3.8) is 0 Å². The van der Waals surface area contributed by atoms with E-state index in [4.69, 9.17) is 23.2 Å². The summed E-state index contributed by atoms with van der Waals surface area (Å²) in [5.74, 6) is 0. The third-order valence-electron chi connectivity index (χ3n) is 3.17. The molecule has 6 heteroatoms. The molecule has 0 aliphatic carbocycles. The van der Waals surface area contributed by atoms with Gasteiger partial charge in [0.15, 0.2) is 5.16 Å². The van der Waals surface area contributed by atoms with Gasteiger partial charge < -0.3 is 4.98 Å². The average Bonchev–Trinajstić information content (AvgIpc) is 2.45. The minimum Gasteiger partial charge on any atom is -0.301 e. The Labute approximate surface area is 138 Å². The number of benzene rings is 1. The van der Waals surface area contributed by atoms with Gasteiger partial charge in [0.05, 0.1) is 5.69 Å². The van der Waals surface area contributed by atoms with E-state index in [0.717, 1.165) is 24.1 Å². The van der Waals surface area contributed by atoms with Crippen LogP contribution < -0.4 is 5.56 Å². The van der Waals surface area contributed by atoms with Gasteiger partial charge in [-0.05, 0) is 30.4 Å². The summed E-state index contributed by atoms with van der Waals surface area (Å²) in [6.45, 7) is 2.06. The van der Waals surface area contributed by atoms with Gasteiger partial charge in [-0.25, -0.2) is 4.98 Å².